The Morgan fingerprint density at radius 3 is 2.35 bits per heavy atom. The number of imide groups is 1. The molecule has 0 fully saturated rings. The molecule has 4 rings (SSSR count). The van der Waals surface area contributed by atoms with Crippen LogP contribution in [0, 0.1) is 6.92 Å². The Morgan fingerprint density at radius 1 is 1.00 bits per heavy atom. The summed E-state index contributed by atoms with van der Waals surface area (Å²) in [4.78, 5) is 54.0. The van der Waals surface area contributed by atoms with Crippen LogP contribution < -0.4 is 5.73 Å². The summed E-state index contributed by atoms with van der Waals surface area (Å²) in [5.41, 5.74) is 4.62. The van der Waals surface area contributed by atoms with Crippen molar-refractivity contribution in [3.05, 3.63) is 93.2 Å². The molecule has 1 aliphatic rings. The van der Waals surface area contributed by atoms with Crippen molar-refractivity contribution in [2.24, 2.45) is 5.73 Å². The number of hydrogen-bond acceptors (Lipinski definition) is 5. The van der Waals surface area contributed by atoms with Gasteiger partial charge in [0.15, 0.2) is 0 Å². The van der Waals surface area contributed by atoms with Crippen LogP contribution in [0.15, 0.2) is 60.8 Å². The maximum atomic E-state index is 13.7. The summed E-state index contributed by atoms with van der Waals surface area (Å²) in [5, 5.41) is 0.515. The Hall–Kier alpha value is -3.62. The van der Waals surface area contributed by atoms with Crippen molar-refractivity contribution in [2.45, 2.75) is 25.6 Å². The SMILES string of the molecule is Cc1ccn2c1C(=O)N(Cc1ccc(Cl)c(Cl)c1)C(=O)C2(C(N)=O)C(=O)OCc1ccccc1. The highest BCUT2D eigenvalue weighted by Gasteiger charge is 2.62. The van der Waals surface area contributed by atoms with Crippen LogP contribution in [-0.4, -0.2) is 33.2 Å². The molecule has 0 spiro atoms. The summed E-state index contributed by atoms with van der Waals surface area (Å²) in [7, 11) is 0. The minimum absolute atomic E-state index is 0.0184. The quantitative estimate of drug-likeness (QED) is 0.318. The lowest BCUT2D eigenvalue weighted by molar-refractivity contribution is -0.168. The Kier molecular flexibility index (Phi) is 6.20. The molecule has 2 N–H and O–H groups in total. The van der Waals surface area contributed by atoms with Crippen molar-refractivity contribution < 1.29 is 23.9 Å². The van der Waals surface area contributed by atoms with Gasteiger partial charge < -0.3 is 15.0 Å². The molecule has 1 atom stereocenters. The molecule has 3 amide bonds. The number of primary amides is 1. The fraction of sp³-hybridized carbons (Fsp3) is 0.167. The molecule has 174 valence electrons. The lowest BCUT2D eigenvalue weighted by atomic mass is 9.92. The van der Waals surface area contributed by atoms with Gasteiger partial charge in [-0.2, -0.15) is 0 Å². The van der Waals surface area contributed by atoms with Crippen molar-refractivity contribution in [3.63, 3.8) is 0 Å². The second kappa shape index (κ2) is 8.96. The van der Waals surface area contributed by atoms with E-state index in [-0.39, 0.29) is 23.9 Å². The van der Waals surface area contributed by atoms with Gasteiger partial charge >= 0.3 is 11.5 Å². The van der Waals surface area contributed by atoms with E-state index in [1.54, 1.807) is 43.3 Å². The second-order valence-corrected chi connectivity index (χ2v) is 8.61. The largest absolute Gasteiger partial charge is 0.458 e. The molecule has 1 unspecified atom stereocenters. The van der Waals surface area contributed by atoms with Gasteiger partial charge in [0.05, 0.1) is 16.6 Å². The summed E-state index contributed by atoms with van der Waals surface area (Å²) in [6, 6.07) is 14.8. The molecule has 0 saturated heterocycles. The number of halogens is 2. The van der Waals surface area contributed by atoms with Gasteiger partial charge in [-0.3, -0.25) is 19.3 Å². The summed E-state index contributed by atoms with van der Waals surface area (Å²) in [6.45, 7) is 1.16. The van der Waals surface area contributed by atoms with Crippen molar-refractivity contribution in [1.82, 2.24) is 9.47 Å². The second-order valence-electron chi connectivity index (χ2n) is 7.80. The predicted molar refractivity (Wildman–Crippen MR) is 124 cm³/mol. The van der Waals surface area contributed by atoms with Gasteiger partial charge in [0.2, 0.25) is 0 Å². The third-order valence-electron chi connectivity index (χ3n) is 5.64. The molecule has 0 radical (unpaired) electrons. The Bertz CT molecular complexity index is 1320. The van der Waals surface area contributed by atoms with Crippen molar-refractivity contribution in [2.75, 3.05) is 0 Å². The zero-order chi connectivity index (χ0) is 24.6. The van der Waals surface area contributed by atoms with Crippen molar-refractivity contribution in [3.8, 4) is 0 Å². The number of hydrogen-bond donors (Lipinski definition) is 1. The first-order valence-corrected chi connectivity index (χ1v) is 10.9. The highest BCUT2D eigenvalue weighted by atomic mass is 35.5. The van der Waals surface area contributed by atoms with E-state index >= 15 is 0 Å². The van der Waals surface area contributed by atoms with Crippen LogP contribution in [0.1, 0.15) is 27.2 Å². The Balaban J connectivity index is 1.79. The maximum Gasteiger partial charge on any atom is 0.352 e. The zero-order valence-corrected chi connectivity index (χ0v) is 19.5. The maximum absolute atomic E-state index is 13.7. The van der Waals surface area contributed by atoms with Gasteiger partial charge in [-0.05, 0) is 41.8 Å². The van der Waals surface area contributed by atoms with Gasteiger partial charge in [-0.1, -0.05) is 59.6 Å². The first kappa shape index (κ1) is 23.5. The van der Waals surface area contributed by atoms with Gasteiger partial charge in [0, 0.05) is 6.20 Å². The summed E-state index contributed by atoms with van der Waals surface area (Å²) in [5.74, 6) is -4.25. The van der Waals surface area contributed by atoms with E-state index in [1.165, 1.54) is 24.4 Å². The van der Waals surface area contributed by atoms with Crippen LogP contribution >= 0.6 is 23.2 Å². The number of benzene rings is 2. The van der Waals surface area contributed by atoms with E-state index in [9.17, 15) is 19.2 Å². The number of esters is 1. The third kappa shape index (κ3) is 3.74. The Morgan fingerprint density at radius 2 is 1.71 bits per heavy atom. The molecule has 1 aromatic heterocycles. The van der Waals surface area contributed by atoms with Crippen LogP contribution in [0.25, 0.3) is 0 Å². The van der Waals surface area contributed by atoms with Crippen LogP contribution in [-0.2, 0) is 37.8 Å². The molecular weight excluding hydrogens is 481 g/mol. The molecule has 8 nitrogen and oxygen atoms in total. The van der Waals surface area contributed by atoms with Crippen LogP contribution in [0.4, 0.5) is 0 Å². The van der Waals surface area contributed by atoms with E-state index in [0.29, 0.717) is 21.7 Å². The summed E-state index contributed by atoms with van der Waals surface area (Å²) in [6.07, 6.45) is 1.31. The van der Waals surface area contributed by atoms with Crippen LogP contribution in [0.3, 0.4) is 0 Å². The van der Waals surface area contributed by atoms with E-state index in [2.05, 4.69) is 0 Å². The average molecular weight is 500 g/mol. The highest BCUT2D eigenvalue weighted by Crippen LogP contribution is 2.34. The average Bonchev–Trinajstić information content (AvgIpc) is 3.20. The number of carbonyl (C=O) groups excluding carboxylic acids is 4. The molecule has 0 saturated carbocycles. The smallest absolute Gasteiger partial charge is 0.352 e. The van der Waals surface area contributed by atoms with Crippen LogP contribution in [0.5, 0.6) is 0 Å². The lowest BCUT2D eigenvalue weighted by Crippen LogP contribution is -2.67. The molecule has 2 heterocycles. The number of nitrogens with two attached hydrogens (primary N) is 1. The molecule has 0 bridgehead atoms. The van der Waals surface area contributed by atoms with Gasteiger partial charge in [0.1, 0.15) is 12.3 Å². The fourth-order valence-electron chi connectivity index (χ4n) is 3.90. The summed E-state index contributed by atoms with van der Waals surface area (Å²) >= 11 is 12.0. The van der Waals surface area contributed by atoms with Crippen molar-refractivity contribution >= 4 is 46.9 Å². The predicted octanol–water partition coefficient (Wildman–Crippen LogP) is 3.21. The number of rotatable bonds is 6. The zero-order valence-electron chi connectivity index (χ0n) is 18.0. The van der Waals surface area contributed by atoms with Crippen LogP contribution in [0.2, 0.25) is 10.0 Å². The molecule has 2 aromatic carbocycles. The minimum Gasteiger partial charge on any atom is -0.458 e. The van der Waals surface area contributed by atoms with E-state index in [1.807, 2.05) is 0 Å². The highest BCUT2D eigenvalue weighted by molar-refractivity contribution is 6.42. The lowest BCUT2D eigenvalue weighted by Gasteiger charge is -2.38. The molecule has 10 heteroatoms. The first-order chi connectivity index (χ1) is 16.2. The topological polar surface area (TPSA) is 112 Å². The monoisotopic (exact) mass is 499 g/mol. The number of ether oxygens (including phenoxy) is 1. The standard InChI is InChI=1S/C24H19Cl2N3O5/c1-14-9-10-29-19(14)20(30)28(12-16-7-8-17(25)18(26)11-16)22(32)24(29,21(27)31)23(33)34-13-15-5-3-2-4-6-15/h2-11H,12-13H2,1H3,(H2,27,31). The number of aryl methyl sites for hydroxylation is 1. The first-order valence-electron chi connectivity index (χ1n) is 10.2. The van der Waals surface area contributed by atoms with Gasteiger partial charge in [0.25, 0.3) is 17.7 Å². The van der Waals surface area contributed by atoms with Crippen molar-refractivity contribution in [1.29, 1.82) is 0 Å². The molecule has 34 heavy (non-hydrogen) atoms. The molecule has 1 aliphatic heterocycles. The minimum atomic E-state index is -2.59. The van der Waals surface area contributed by atoms with E-state index < -0.39 is 29.2 Å². The normalized spacial score (nSPS) is 17.4. The Labute approximate surface area is 204 Å². The molecule has 3 aromatic rings. The fourth-order valence-corrected chi connectivity index (χ4v) is 4.22. The number of fused-ring (bicyclic) bond motifs is 1. The number of nitrogens with zero attached hydrogens (tertiary/aromatic N) is 2. The number of amides is 3. The molecule has 0 aliphatic carbocycles. The third-order valence-corrected chi connectivity index (χ3v) is 6.38. The molecular formula is C24H19Cl2N3O5. The summed E-state index contributed by atoms with van der Waals surface area (Å²) < 4.78 is 6.39. The van der Waals surface area contributed by atoms with E-state index in [4.69, 9.17) is 33.7 Å². The van der Waals surface area contributed by atoms with Gasteiger partial charge in [-0.25, -0.2) is 4.79 Å². The number of carbonyl (C=O) groups is 4. The number of aromatic nitrogens is 1. The van der Waals surface area contributed by atoms with Gasteiger partial charge in [-0.15, -0.1) is 0 Å². The van der Waals surface area contributed by atoms with E-state index in [0.717, 1.165) is 9.47 Å².